The molecule has 2 atom stereocenters. The molecule has 2 saturated carbocycles. The minimum Gasteiger partial charge on any atom is -0.356 e. The molecule has 4 aliphatic rings. The van der Waals surface area contributed by atoms with E-state index in [1.54, 1.807) is 12.1 Å². The number of halogens is 3. The molecular formula is C21H25F3N2O3. The molecule has 1 aromatic rings. The number of aliphatic hydroxyl groups excluding tert-OH is 1. The van der Waals surface area contributed by atoms with Gasteiger partial charge in [0.25, 0.3) is 0 Å². The first-order chi connectivity index (χ1) is 13.7. The highest BCUT2D eigenvalue weighted by Gasteiger charge is 2.56. The van der Waals surface area contributed by atoms with E-state index < -0.39 is 18.2 Å². The molecule has 0 radical (unpaired) electrons. The van der Waals surface area contributed by atoms with Gasteiger partial charge in [0.15, 0.2) is 0 Å². The number of hydrogen-bond acceptors (Lipinski definition) is 4. The summed E-state index contributed by atoms with van der Waals surface area (Å²) in [7, 11) is 0. The molecule has 8 heteroatoms. The van der Waals surface area contributed by atoms with Crippen LogP contribution < -0.4 is 5.32 Å². The zero-order valence-corrected chi connectivity index (χ0v) is 16.0. The third-order valence-corrected chi connectivity index (χ3v) is 7.35. The smallest absolute Gasteiger partial charge is 0.356 e. The molecule has 0 aromatic heterocycles. The van der Waals surface area contributed by atoms with Gasteiger partial charge in [-0.25, -0.2) is 0 Å². The van der Waals surface area contributed by atoms with Crippen LogP contribution in [0.1, 0.15) is 49.1 Å². The first-order valence-corrected chi connectivity index (χ1v) is 10.2. The molecule has 4 fully saturated rings. The lowest BCUT2D eigenvalue weighted by molar-refractivity contribution is -0.153. The number of nitrogens with one attached hydrogen (secondary N) is 1. The highest BCUT2D eigenvalue weighted by atomic mass is 19.4. The van der Waals surface area contributed by atoms with Crippen molar-refractivity contribution in [1.82, 2.24) is 10.2 Å². The van der Waals surface area contributed by atoms with Crippen molar-refractivity contribution in [3.63, 3.8) is 0 Å². The summed E-state index contributed by atoms with van der Waals surface area (Å²) in [5, 5.41) is 12.5. The fourth-order valence-electron chi connectivity index (χ4n) is 5.78. The zero-order chi connectivity index (χ0) is 20.4. The molecule has 1 unspecified atom stereocenters. The maximum atomic E-state index is 12.8. The number of amides is 1. The number of carbonyl (C=O) groups is 1. The molecule has 158 valence electrons. The SMILES string of the molecule is O=C(C1CC2(COC(O)N2)C1)N1CC2(CC[C@H](c3ccc(C(F)(F)F)cc3)C2)C1. The summed E-state index contributed by atoms with van der Waals surface area (Å²) in [5.41, 5.74) is 0.229. The van der Waals surface area contributed by atoms with Crippen molar-refractivity contribution in [2.75, 3.05) is 19.7 Å². The van der Waals surface area contributed by atoms with Crippen LogP contribution in [0.3, 0.4) is 0 Å². The molecule has 2 heterocycles. The number of carbonyl (C=O) groups excluding carboxylic acids is 1. The second kappa shape index (κ2) is 6.43. The number of ether oxygens (including phenoxy) is 1. The van der Waals surface area contributed by atoms with Gasteiger partial charge in [0.2, 0.25) is 12.3 Å². The summed E-state index contributed by atoms with van der Waals surface area (Å²) < 4.78 is 43.4. The van der Waals surface area contributed by atoms with E-state index in [9.17, 15) is 23.1 Å². The van der Waals surface area contributed by atoms with E-state index in [4.69, 9.17) is 4.74 Å². The molecular weight excluding hydrogens is 385 g/mol. The van der Waals surface area contributed by atoms with Crippen molar-refractivity contribution >= 4 is 5.91 Å². The monoisotopic (exact) mass is 410 g/mol. The Kier molecular flexibility index (Phi) is 4.28. The maximum Gasteiger partial charge on any atom is 0.416 e. The van der Waals surface area contributed by atoms with Gasteiger partial charge in [0.1, 0.15) is 0 Å². The minimum atomic E-state index is -4.30. The van der Waals surface area contributed by atoms with Crippen LogP contribution >= 0.6 is 0 Å². The average molecular weight is 410 g/mol. The first kappa shape index (κ1) is 19.3. The van der Waals surface area contributed by atoms with E-state index in [2.05, 4.69) is 5.32 Å². The van der Waals surface area contributed by atoms with Crippen LogP contribution in [0.15, 0.2) is 24.3 Å². The number of aliphatic hydroxyl groups is 1. The van der Waals surface area contributed by atoms with Gasteiger partial charge in [0, 0.05) is 30.0 Å². The topological polar surface area (TPSA) is 61.8 Å². The van der Waals surface area contributed by atoms with E-state index in [0.717, 1.165) is 37.9 Å². The number of nitrogens with zero attached hydrogens (tertiary/aromatic N) is 1. The zero-order valence-electron chi connectivity index (χ0n) is 16.0. The molecule has 1 aromatic carbocycles. The molecule has 0 bridgehead atoms. The second-order valence-electron chi connectivity index (χ2n) is 9.45. The molecule has 2 aliphatic heterocycles. The average Bonchev–Trinajstić information content (AvgIpc) is 3.22. The van der Waals surface area contributed by atoms with E-state index in [0.29, 0.717) is 19.4 Å². The summed E-state index contributed by atoms with van der Waals surface area (Å²) in [4.78, 5) is 14.7. The summed E-state index contributed by atoms with van der Waals surface area (Å²) in [6.45, 7) is 1.94. The van der Waals surface area contributed by atoms with Gasteiger partial charge in [-0.3, -0.25) is 10.1 Å². The van der Waals surface area contributed by atoms with E-state index in [-0.39, 0.29) is 28.7 Å². The Labute approximate surface area is 167 Å². The Bertz CT molecular complexity index is 798. The Morgan fingerprint density at radius 3 is 2.45 bits per heavy atom. The van der Waals surface area contributed by atoms with Crippen LogP contribution in [0.5, 0.6) is 0 Å². The van der Waals surface area contributed by atoms with Crippen LogP contribution in [0.4, 0.5) is 13.2 Å². The van der Waals surface area contributed by atoms with Gasteiger partial charge in [-0.15, -0.1) is 0 Å². The van der Waals surface area contributed by atoms with Crippen molar-refractivity contribution in [1.29, 1.82) is 0 Å². The van der Waals surface area contributed by atoms with Crippen molar-refractivity contribution < 1.29 is 27.8 Å². The van der Waals surface area contributed by atoms with Crippen LogP contribution in [0.25, 0.3) is 0 Å². The lowest BCUT2D eigenvalue weighted by Gasteiger charge is -2.52. The fraction of sp³-hybridized carbons (Fsp3) is 0.667. The van der Waals surface area contributed by atoms with Crippen LogP contribution in [0, 0.1) is 11.3 Å². The van der Waals surface area contributed by atoms with Crippen LogP contribution in [0.2, 0.25) is 0 Å². The van der Waals surface area contributed by atoms with Crippen LogP contribution in [-0.4, -0.2) is 47.6 Å². The first-order valence-electron chi connectivity index (χ1n) is 10.2. The summed E-state index contributed by atoms with van der Waals surface area (Å²) >= 11 is 0. The summed E-state index contributed by atoms with van der Waals surface area (Å²) in [6.07, 6.45) is -0.946. The van der Waals surface area contributed by atoms with Crippen molar-refractivity contribution in [3.05, 3.63) is 35.4 Å². The fourth-order valence-corrected chi connectivity index (χ4v) is 5.78. The number of likely N-dealkylation sites (tertiary alicyclic amines) is 1. The highest BCUT2D eigenvalue weighted by molar-refractivity contribution is 5.81. The number of rotatable bonds is 2. The molecule has 2 aliphatic carbocycles. The Balaban J connectivity index is 1.14. The molecule has 2 saturated heterocycles. The van der Waals surface area contributed by atoms with Gasteiger partial charge in [-0.2, -0.15) is 13.2 Å². The predicted octanol–water partition coefficient (Wildman–Crippen LogP) is 2.85. The maximum absolute atomic E-state index is 12.8. The number of hydrogen-bond donors (Lipinski definition) is 2. The minimum absolute atomic E-state index is 0.0131. The molecule has 5 nitrogen and oxygen atoms in total. The quantitative estimate of drug-likeness (QED) is 0.787. The standard InChI is InChI=1S/C21H25F3N2O3/c22-21(23,24)16-3-1-13(2-4-16)14-5-6-19(7-14)10-26(11-19)17(27)15-8-20(9-15)12-29-18(28)25-20/h1-4,14-15,18,25,28H,5-12H2/t14-,15?,18?,20?/m0/s1. The molecule has 2 spiro atoms. The summed E-state index contributed by atoms with van der Waals surface area (Å²) in [5.74, 6) is 0.436. The highest BCUT2D eigenvalue weighted by Crippen LogP contribution is 2.53. The molecule has 2 N–H and O–H groups in total. The van der Waals surface area contributed by atoms with Crippen LogP contribution in [-0.2, 0) is 15.7 Å². The normalized spacial score (nSPS) is 35.7. The van der Waals surface area contributed by atoms with Gasteiger partial charge in [-0.05, 0) is 55.7 Å². The van der Waals surface area contributed by atoms with Crippen molar-refractivity contribution in [3.8, 4) is 0 Å². The lowest BCUT2D eigenvalue weighted by atomic mass is 9.67. The van der Waals surface area contributed by atoms with E-state index >= 15 is 0 Å². The Hall–Kier alpha value is -1.64. The largest absolute Gasteiger partial charge is 0.416 e. The summed E-state index contributed by atoms with van der Waals surface area (Å²) in [6, 6.07) is 5.54. The third-order valence-electron chi connectivity index (χ3n) is 7.35. The Morgan fingerprint density at radius 1 is 1.17 bits per heavy atom. The Morgan fingerprint density at radius 2 is 1.86 bits per heavy atom. The van der Waals surface area contributed by atoms with Gasteiger partial charge in [-0.1, -0.05) is 12.1 Å². The molecule has 1 amide bonds. The lowest BCUT2D eigenvalue weighted by Crippen LogP contribution is -2.63. The second-order valence-corrected chi connectivity index (χ2v) is 9.45. The molecule has 5 rings (SSSR count). The predicted molar refractivity (Wildman–Crippen MR) is 97.6 cm³/mol. The van der Waals surface area contributed by atoms with Crippen molar-refractivity contribution in [2.24, 2.45) is 11.3 Å². The number of alkyl halides is 3. The van der Waals surface area contributed by atoms with Gasteiger partial charge in [0.05, 0.1) is 12.2 Å². The van der Waals surface area contributed by atoms with Gasteiger partial charge < -0.3 is 14.7 Å². The van der Waals surface area contributed by atoms with Crippen molar-refractivity contribution in [2.45, 2.75) is 56.2 Å². The molecule has 29 heavy (non-hydrogen) atoms. The van der Waals surface area contributed by atoms with E-state index in [1.807, 2.05) is 4.90 Å². The third kappa shape index (κ3) is 3.35. The number of benzene rings is 1. The van der Waals surface area contributed by atoms with Gasteiger partial charge >= 0.3 is 6.18 Å². The van der Waals surface area contributed by atoms with E-state index in [1.165, 1.54) is 12.1 Å².